The van der Waals surface area contributed by atoms with Crippen LogP contribution in [0.15, 0.2) is 52.3 Å². The standard InChI is InChI=1S/C24H26ClFN2O/c1-14-6-9-21(24(29)16(3)15(2)17-7-8-17)23(28-22(14)5-4-10-27-28)18-11-19(25)13-20(26)12-18/h4-5,10-13,15-17H,6-9H2,1-3H3. The lowest BCUT2D eigenvalue weighted by molar-refractivity contribution is -0.120. The zero-order valence-electron chi connectivity index (χ0n) is 17.1. The first-order valence-electron chi connectivity index (χ1n) is 10.3. The molecule has 0 aromatic heterocycles. The quantitative estimate of drug-likeness (QED) is 0.563. The van der Waals surface area contributed by atoms with E-state index in [0.29, 0.717) is 40.1 Å². The number of hydrazone groups is 1. The lowest BCUT2D eigenvalue weighted by Crippen LogP contribution is -2.25. The summed E-state index contributed by atoms with van der Waals surface area (Å²) in [6.07, 6.45) is 9.36. The predicted molar refractivity (Wildman–Crippen MR) is 116 cm³/mol. The van der Waals surface area contributed by atoms with Crippen LogP contribution in [0.1, 0.15) is 52.0 Å². The topological polar surface area (TPSA) is 32.7 Å². The Morgan fingerprint density at radius 1 is 1.24 bits per heavy atom. The highest BCUT2D eigenvalue weighted by atomic mass is 35.5. The van der Waals surface area contributed by atoms with Crippen LogP contribution in [0.5, 0.6) is 0 Å². The minimum atomic E-state index is -0.422. The summed E-state index contributed by atoms with van der Waals surface area (Å²) in [7, 11) is 0. The Morgan fingerprint density at radius 2 is 2.00 bits per heavy atom. The Labute approximate surface area is 176 Å². The molecule has 1 aromatic rings. The van der Waals surface area contributed by atoms with Gasteiger partial charge in [0, 0.05) is 28.3 Å². The largest absolute Gasteiger partial charge is 0.294 e. The van der Waals surface area contributed by atoms with Crippen molar-refractivity contribution in [2.45, 2.75) is 46.5 Å². The summed E-state index contributed by atoms with van der Waals surface area (Å²) in [6, 6.07) is 4.44. The van der Waals surface area contributed by atoms with Crippen molar-refractivity contribution >= 4 is 29.3 Å². The highest BCUT2D eigenvalue weighted by molar-refractivity contribution is 6.30. The summed E-state index contributed by atoms with van der Waals surface area (Å²) in [4.78, 5) is 13.7. The van der Waals surface area contributed by atoms with E-state index in [1.54, 1.807) is 17.3 Å². The van der Waals surface area contributed by atoms with Crippen molar-refractivity contribution in [3.63, 3.8) is 0 Å². The number of halogens is 2. The summed E-state index contributed by atoms with van der Waals surface area (Å²) >= 11 is 6.17. The van der Waals surface area contributed by atoms with Crippen LogP contribution < -0.4 is 0 Å². The van der Waals surface area contributed by atoms with Gasteiger partial charge in [0.05, 0.1) is 11.4 Å². The first-order valence-corrected chi connectivity index (χ1v) is 10.7. The molecule has 4 rings (SSSR count). The van der Waals surface area contributed by atoms with Crippen molar-refractivity contribution in [2.24, 2.45) is 22.9 Å². The van der Waals surface area contributed by atoms with Crippen molar-refractivity contribution in [1.82, 2.24) is 5.01 Å². The van der Waals surface area contributed by atoms with Gasteiger partial charge in [0.1, 0.15) is 5.82 Å². The van der Waals surface area contributed by atoms with E-state index >= 15 is 0 Å². The third kappa shape index (κ3) is 3.95. The molecule has 0 saturated heterocycles. The molecular formula is C24H26ClFN2O. The molecule has 0 spiro atoms. The van der Waals surface area contributed by atoms with Gasteiger partial charge in [0.25, 0.3) is 0 Å². The van der Waals surface area contributed by atoms with Gasteiger partial charge in [-0.15, -0.1) is 0 Å². The molecule has 1 aliphatic carbocycles. The summed E-state index contributed by atoms with van der Waals surface area (Å²) < 4.78 is 14.2. The fraction of sp³-hybridized carbons (Fsp3) is 0.417. The molecule has 5 heteroatoms. The van der Waals surface area contributed by atoms with E-state index in [1.807, 2.05) is 19.1 Å². The van der Waals surface area contributed by atoms with Crippen LogP contribution in [0.2, 0.25) is 5.02 Å². The number of fused-ring (bicyclic) bond motifs is 1. The van der Waals surface area contributed by atoms with Crippen molar-refractivity contribution in [3.8, 4) is 0 Å². The molecule has 3 nitrogen and oxygen atoms in total. The molecule has 29 heavy (non-hydrogen) atoms. The van der Waals surface area contributed by atoms with Gasteiger partial charge in [0.2, 0.25) is 0 Å². The van der Waals surface area contributed by atoms with Gasteiger partial charge in [-0.25, -0.2) is 9.40 Å². The number of carbonyl (C=O) groups excluding carboxylic acids is 1. The Morgan fingerprint density at radius 3 is 2.69 bits per heavy atom. The monoisotopic (exact) mass is 412 g/mol. The Balaban J connectivity index is 1.87. The predicted octanol–water partition coefficient (Wildman–Crippen LogP) is 6.37. The Hall–Kier alpha value is -2.20. The molecule has 1 aromatic carbocycles. The first kappa shape index (κ1) is 20.1. The maximum Gasteiger partial charge on any atom is 0.164 e. The smallest absolute Gasteiger partial charge is 0.164 e. The number of hydrogen-bond acceptors (Lipinski definition) is 3. The van der Waals surface area contributed by atoms with Crippen LogP contribution in [0.3, 0.4) is 0 Å². The SMILES string of the molecule is CC1=C2C=CC=NN2C(c2cc(F)cc(Cl)c2)=C(C(=O)C(C)C(C)C2CC2)CC1. The molecule has 1 saturated carbocycles. The summed E-state index contributed by atoms with van der Waals surface area (Å²) in [5, 5.41) is 6.65. The van der Waals surface area contributed by atoms with Gasteiger partial charge >= 0.3 is 0 Å². The van der Waals surface area contributed by atoms with E-state index in [9.17, 15) is 9.18 Å². The average molecular weight is 413 g/mol. The second-order valence-electron chi connectivity index (χ2n) is 8.44. The number of nitrogens with zero attached hydrogens (tertiary/aromatic N) is 2. The second kappa shape index (κ2) is 7.91. The lowest BCUT2D eigenvalue weighted by Gasteiger charge is -2.28. The maximum atomic E-state index is 14.2. The van der Waals surface area contributed by atoms with Gasteiger partial charge in [0.15, 0.2) is 5.78 Å². The third-order valence-corrected chi connectivity index (χ3v) is 6.65. The van der Waals surface area contributed by atoms with Crippen molar-refractivity contribution in [3.05, 3.63) is 63.6 Å². The van der Waals surface area contributed by atoms with Gasteiger partial charge in [-0.1, -0.05) is 25.4 Å². The molecule has 1 fully saturated rings. The fourth-order valence-electron chi connectivity index (χ4n) is 4.33. The van der Waals surface area contributed by atoms with E-state index in [0.717, 1.165) is 17.7 Å². The van der Waals surface area contributed by atoms with Crippen molar-refractivity contribution in [2.75, 3.05) is 0 Å². The second-order valence-corrected chi connectivity index (χ2v) is 8.87. The van der Waals surface area contributed by atoms with Crippen LogP contribution >= 0.6 is 11.6 Å². The molecule has 152 valence electrons. The molecule has 3 aliphatic rings. The van der Waals surface area contributed by atoms with Gasteiger partial charge in [-0.3, -0.25) is 4.79 Å². The molecular weight excluding hydrogens is 387 g/mol. The molecule has 0 amide bonds. The average Bonchev–Trinajstić information content (AvgIpc) is 3.54. The molecule has 0 N–H and O–H groups in total. The van der Waals surface area contributed by atoms with Crippen LogP contribution in [0, 0.1) is 23.6 Å². The minimum Gasteiger partial charge on any atom is -0.294 e. The number of hydrogen-bond donors (Lipinski definition) is 0. The van der Waals surface area contributed by atoms with E-state index in [-0.39, 0.29) is 11.7 Å². The van der Waals surface area contributed by atoms with Crippen LogP contribution in [-0.2, 0) is 4.79 Å². The molecule has 2 heterocycles. The summed E-state index contributed by atoms with van der Waals surface area (Å²) in [5.41, 5.74) is 4.05. The third-order valence-electron chi connectivity index (χ3n) is 6.44. The summed E-state index contributed by atoms with van der Waals surface area (Å²) in [6.45, 7) is 6.26. The van der Waals surface area contributed by atoms with E-state index < -0.39 is 5.82 Å². The van der Waals surface area contributed by atoms with Gasteiger partial charge in [-0.2, -0.15) is 5.10 Å². The Kier molecular flexibility index (Phi) is 5.48. The Bertz CT molecular complexity index is 951. The molecule has 0 radical (unpaired) electrons. The summed E-state index contributed by atoms with van der Waals surface area (Å²) in [5.74, 6) is 0.614. The highest BCUT2D eigenvalue weighted by Gasteiger charge is 2.37. The zero-order chi connectivity index (χ0) is 20.7. The van der Waals surface area contributed by atoms with Crippen LogP contribution in [-0.4, -0.2) is 17.0 Å². The normalized spacial score (nSPS) is 21.2. The lowest BCUT2D eigenvalue weighted by atomic mass is 9.82. The first-order chi connectivity index (χ1) is 13.9. The molecule has 2 atom stereocenters. The van der Waals surface area contributed by atoms with E-state index in [2.05, 4.69) is 18.9 Å². The van der Waals surface area contributed by atoms with Crippen LogP contribution in [0.4, 0.5) is 4.39 Å². The van der Waals surface area contributed by atoms with Crippen LogP contribution in [0.25, 0.3) is 5.70 Å². The van der Waals surface area contributed by atoms with Crippen molar-refractivity contribution < 1.29 is 9.18 Å². The number of benzene rings is 1. The highest BCUT2D eigenvalue weighted by Crippen LogP contribution is 2.43. The minimum absolute atomic E-state index is 0.0808. The maximum absolute atomic E-state index is 14.2. The number of rotatable bonds is 5. The van der Waals surface area contributed by atoms with E-state index in [4.69, 9.17) is 11.6 Å². The molecule has 0 bridgehead atoms. The zero-order valence-corrected chi connectivity index (χ0v) is 17.8. The van der Waals surface area contributed by atoms with Gasteiger partial charge in [-0.05, 0) is 80.4 Å². The number of ketones is 1. The van der Waals surface area contributed by atoms with E-state index in [1.165, 1.54) is 25.0 Å². The fourth-order valence-corrected chi connectivity index (χ4v) is 4.55. The number of allylic oxidation sites excluding steroid dienone is 4. The van der Waals surface area contributed by atoms with Crippen molar-refractivity contribution in [1.29, 1.82) is 0 Å². The molecule has 2 unspecified atom stereocenters. The van der Waals surface area contributed by atoms with Gasteiger partial charge < -0.3 is 0 Å². The number of carbonyl (C=O) groups is 1. The molecule has 2 aliphatic heterocycles. The number of Topliss-reactive ketones (excluding diaryl/α,β-unsaturated/α-hetero) is 1.